The van der Waals surface area contributed by atoms with Crippen LogP contribution in [0.25, 0.3) is 0 Å². The first-order chi connectivity index (χ1) is 9.19. The molecule has 1 atom stereocenters. The van der Waals surface area contributed by atoms with Crippen molar-refractivity contribution in [3.8, 4) is 5.75 Å². The minimum absolute atomic E-state index is 0.441. The van der Waals surface area contributed by atoms with E-state index in [4.69, 9.17) is 4.74 Å². The molecule has 0 aliphatic heterocycles. The lowest BCUT2D eigenvalue weighted by Gasteiger charge is -2.17. The van der Waals surface area contributed by atoms with E-state index in [1.807, 2.05) is 24.3 Å². The number of hydrogen-bond acceptors (Lipinski definition) is 3. The second-order valence-electron chi connectivity index (χ2n) is 5.67. The Morgan fingerprint density at radius 3 is 2.53 bits per heavy atom. The highest BCUT2D eigenvalue weighted by atomic mass is 16.5. The van der Waals surface area contributed by atoms with E-state index >= 15 is 0 Å². The number of hydrogen-bond donors (Lipinski definition) is 2. The quantitative estimate of drug-likeness (QED) is 0.758. The second kappa shape index (κ2) is 6.40. The zero-order valence-corrected chi connectivity index (χ0v) is 12.0. The molecule has 1 aliphatic carbocycles. The van der Waals surface area contributed by atoms with Crippen LogP contribution >= 0.6 is 0 Å². The molecule has 1 saturated carbocycles. The number of benzene rings is 1. The average Bonchev–Trinajstić information content (AvgIpc) is 3.19. The summed E-state index contributed by atoms with van der Waals surface area (Å²) in [5.74, 6) is 0.823. The molecule has 0 saturated heterocycles. The van der Waals surface area contributed by atoms with Gasteiger partial charge >= 0.3 is 0 Å². The predicted octanol–water partition coefficient (Wildman–Crippen LogP) is 2.90. The van der Waals surface area contributed by atoms with Crippen LogP contribution in [0.3, 0.4) is 0 Å². The lowest BCUT2D eigenvalue weighted by molar-refractivity contribution is 0.171. The molecule has 2 N–H and O–H groups in total. The van der Waals surface area contributed by atoms with Crippen molar-refractivity contribution in [2.75, 3.05) is 20.2 Å². The van der Waals surface area contributed by atoms with Crippen LogP contribution in [-0.4, -0.2) is 25.3 Å². The first-order valence-corrected chi connectivity index (χ1v) is 7.22. The monoisotopic (exact) mass is 263 g/mol. The standard InChI is InChI=1S/C16H25NO2/c1-3-8-16(9-10-16)12-17-11-15(18)13-4-6-14(19-2)7-5-13/h4-7,15,17-18H,3,8-12H2,1-2H3. The van der Waals surface area contributed by atoms with E-state index in [9.17, 15) is 5.11 Å². The summed E-state index contributed by atoms with van der Waals surface area (Å²) in [6, 6.07) is 7.62. The fourth-order valence-corrected chi connectivity index (χ4v) is 2.64. The zero-order chi connectivity index (χ0) is 13.7. The first kappa shape index (κ1) is 14.4. The summed E-state index contributed by atoms with van der Waals surface area (Å²) in [4.78, 5) is 0. The van der Waals surface area contributed by atoms with Gasteiger partial charge in [0.1, 0.15) is 5.75 Å². The number of nitrogens with one attached hydrogen (secondary N) is 1. The highest BCUT2D eigenvalue weighted by molar-refractivity contribution is 5.28. The molecule has 106 valence electrons. The normalized spacial score (nSPS) is 18.1. The third kappa shape index (κ3) is 3.95. The molecule has 0 aromatic heterocycles. The Morgan fingerprint density at radius 2 is 2.00 bits per heavy atom. The van der Waals surface area contributed by atoms with Crippen molar-refractivity contribution in [3.63, 3.8) is 0 Å². The minimum Gasteiger partial charge on any atom is -0.497 e. The Morgan fingerprint density at radius 1 is 1.32 bits per heavy atom. The van der Waals surface area contributed by atoms with Gasteiger partial charge in [0.15, 0.2) is 0 Å². The molecule has 0 spiro atoms. The highest BCUT2D eigenvalue weighted by Crippen LogP contribution is 2.48. The van der Waals surface area contributed by atoms with Crippen molar-refractivity contribution in [2.24, 2.45) is 5.41 Å². The van der Waals surface area contributed by atoms with E-state index in [1.165, 1.54) is 25.7 Å². The summed E-state index contributed by atoms with van der Waals surface area (Å²) in [7, 11) is 1.65. The minimum atomic E-state index is -0.441. The average molecular weight is 263 g/mol. The number of ether oxygens (including phenoxy) is 1. The van der Waals surface area contributed by atoms with Crippen LogP contribution in [-0.2, 0) is 0 Å². The summed E-state index contributed by atoms with van der Waals surface area (Å²) in [5.41, 5.74) is 1.47. The lowest BCUT2D eigenvalue weighted by Crippen LogP contribution is -2.28. The summed E-state index contributed by atoms with van der Waals surface area (Å²) in [6.07, 6.45) is 4.80. The van der Waals surface area contributed by atoms with Gasteiger partial charge in [-0.25, -0.2) is 0 Å². The Labute approximate surface area is 116 Å². The molecule has 0 amide bonds. The van der Waals surface area contributed by atoms with Crippen LogP contribution in [0, 0.1) is 5.41 Å². The largest absolute Gasteiger partial charge is 0.497 e. The van der Waals surface area contributed by atoms with Gasteiger partial charge in [-0.2, -0.15) is 0 Å². The molecule has 1 fully saturated rings. The van der Waals surface area contributed by atoms with Gasteiger partial charge in [0, 0.05) is 13.1 Å². The highest BCUT2D eigenvalue weighted by Gasteiger charge is 2.40. The maximum atomic E-state index is 10.1. The molecule has 3 heteroatoms. The molecule has 1 aromatic rings. The van der Waals surface area contributed by atoms with Crippen molar-refractivity contribution in [1.82, 2.24) is 5.32 Å². The smallest absolute Gasteiger partial charge is 0.118 e. The van der Waals surface area contributed by atoms with Gasteiger partial charge in [0.25, 0.3) is 0 Å². The number of rotatable bonds is 8. The van der Waals surface area contributed by atoms with E-state index in [0.29, 0.717) is 12.0 Å². The molecule has 0 radical (unpaired) electrons. The second-order valence-corrected chi connectivity index (χ2v) is 5.67. The van der Waals surface area contributed by atoms with E-state index in [0.717, 1.165) is 17.9 Å². The molecule has 0 heterocycles. The van der Waals surface area contributed by atoms with Crippen LogP contribution in [0.5, 0.6) is 5.75 Å². The van der Waals surface area contributed by atoms with Crippen molar-refractivity contribution in [3.05, 3.63) is 29.8 Å². The third-order valence-electron chi connectivity index (χ3n) is 4.08. The molecule has 0 bridgehead atoms. The van der Waals surface area contributed by atoms with Crippen molar-refractivity contribution in [1.29, 1.82) is 0 Å². The van der Waals surface area contributed by atoms with Crippen molar-refractivity contribution < 1.29 is 9.84 Å². The van der Waals surface area contributed by atoms with E-state index in [2.05, 4.69) is 12.2 Å². The number of aliphatic hydroxyl groups is 1. The van der Waals surface area contributed by atoms with Crippen LogP contribution < -0.4 is 10.1 Å². The van der Waals surface area contributed by atoms with Crippen molar-refractivity contribution in [2.45, 2.75) is 38.7 Å². The van der Waals surface area contributed by atoms with Gasteiger partial charge in [-0.15, -0.1) is 0 Å². The Bertz CT molecular complexity index is 384. The van der Waals surface area contributed by atoms with Crippen LogP contribution in [0.2, 0.25) is 0 Å². The molecular weight excluding hydrogens is 238 g/mol. The van der Waals surface area contributed by atoms with Crippen LogP contribution in [0.4, 0.5) is 0 Å². The van der Waals surface area contributed by atoms with E-state index in [1.54, 1.807) is 7.11 Å². The first-order valence-electron chi connectivity index (χ1n) is 7.22. The predicted molar refractivity (Wildman–Crippen MR) is 77.4 cm³/mol. The summed E-state index contributed by atoms with van der Waals surface area (Å²) >= 11 is 0. The summed E-state index contributed by atoms with van der Waals surface area (Å²) in [6.45, 7) is 3.90. The molecular formula is C16H25NO2. The van der Waals surface area contributed by atoms with Gasteiger partial charge in [-0.1, -0.05) is 25.5 Å². The Balaban J connectivity index is 1.76. The summed E-state index contributed by atoms with van der Waals surface area (Å²) < 4.78 is 5.11. The number of methoxy groups -OCH3 is 1. The maximum Gasteiger partial charge on any atom is 0.118 e. The topological polar surface area (TPSA) is 41.5 Å². The summed E-state index contributed by atoms with van der Waals surface area (Å²) in [5, 5.41) is 13.5. The maximum absolute atomic E-state index is 10.1. The molecule has 1 aliphatic rings. The Kier molecular flexibility index (Phi) is 4.83. The van der Waals surface area contributed by atoms with Crippen LogP contribution in [0.1, 0.15) is 44.3 Å². The van der Waals surface area contributed by atoms with E-state index in [-0.39, 0.29) is 0 Å². The van der Waals surface area contributed by atoms with Crippen LogP contribution in [0.15, 0.2) is 24.3 Å². The van der Waals surface area contributed by atoms with Gasteiger partial charge in [-0.3, -0.25) is 0 Å². The molecule has 19 heavy (non-hydrogen) atoms. The third-order valence-corrected chi connectivity index (χ3v) is 4.08. The molecule has 3 nitrogen and oxygen atoms in total. The van der Waals surface area contributed by atoms with Gasteiger partial charge in [-0.05, 0) is 42.4 Å². The lowest BCUT2D eigenvalue weighted by atomic mass is 10.0. The molecule has 1 aromatic carbocycles. The Hall–Kier alpha value is -1.06. The number of aliphatic hydroxyl groups excluding tert-OH is 1. The zero-order valence-electron chi connectivity index (χ0n) is 12.0. The van der Waals surface area contributed by atoms with Crippen molar-refractivity contribution >= 4 is 0 Å². The fraction of sp³-hybridized carbons (Fsp3) is 0.625. The molecule has 1 unspecified atom stereocenters. The van der Waals surface area contributed by atoms with Gasteiger partial charge in [0.2, 0.25) is 0 Å². The fourth-order valence-electron chi connectivity index (χ4n) is 2.64. The molecule has 2 rings (SSSR count). The van der Waals surface area contributed by atoms with Gasteiger partial charge < -0.3 is 15.2 Å². The SMILES string of the molecule is CCCC1(CNCC(O)c2ccc(OC)cc2)CC1. The van der Waals surface area contributed by atoms with E-state index < -0.39 is 6.10 Å². The van der Waals surface area contributed by atoms with Gasteiger partial charge in [0.05, 0.1) is 13.2 Å².